The zero-order valence-electron chi connectivity index (χ0n) is 18.4. The van der Waals surface area contributed by atoms with Crippen molar-refractivity contribution in [3.63, 3.8) is 0 Å². The molecular weight excluding hydrogens is 404 g/mol. The average Bonchev–Trinajstić information content (AvgIpc) is 3.13. The van der Waals surface area contributed by atoms with E-state index in [0.717, 1.165) is 22.5 Å². The van der Waals surface area contributed by atoms with Gasteiger partial charge in [-0.25, -0.2) is 4.98 Å². The second-order valence-electron chi connectivity index (χ2n) is 7.60. The van der Waals surface area contributed by atoms with Crippen LogP contribution in [0.25, 0.3) is 16.7 Å². The van der Waals surface area contributed by atoms with Crippen LogP contribution in [0, 0.1) is 6.92 Å². The van der Waals surface area contributed by atoms with Crippen molar-refractivity contribution in [2.45, 2.75) is 6.92 Å². The number of hydrogen-bond acceptors (Lipinski definition) is 4. The molecule has 4 aromatic rings. The molecule has 1 N–H and O–H groups in total. The van der Waals surface area contributed by atoms with E-state index in [0.29, 0.717) is 22.6 Å². The molecule has 4 rings (SSSR count). The molecule has 3 aromatic carbocycles. The van der Waals surface area contributed by atoms with E-state index in [4.69, 9.17) is 4.74 Å². The Labute approximate surface area is 186 Å². The van der Waals surface area contributed by atoms with Crippen LogP contribution < -0.4 is 10.1 Å². The zero-order valence-corrected chi connectivity index (χ0v) is 18.4. The van der Waals surface area contributed by atoms with Crippen LogP contribution >= 0.6 is 0 Å². The summed E-state index contributed by atoms with van der Waals surface area (Å²) in [5.41, 5.74) is 4.00. The molecule has 0 atom stereocenters. The summed E-state index contributed by atoms with van der Waals surface area (Å²) < 4.78 is 7.41. The lowest BCUT2D eigenvalue weighted by Gasteiger charge is -2.14. The summed E-state index contributed by atoms with van der Waals surface area (Å²) in [7, 11) is 4.87. The van der Waals surface area contributed by atoms with Crippen LogP contribution in [0.2, 0.25) is 0 Å². The number of benzene rings is 3. The van der Waals surface area contributed by atoms with Crippen molar-refractivity contribution in [3.05, 3.63) is 83.7 Å². The minimum atomic E-state index is -0.313. The quantitative estimate of drug-likeness (QED) is 0.514. The van der Waals surface area contributed by atoms with Gasteiger partial charge >= 0.3 is 0 Å². The molecule has 0 unspecified atom stereocenters. The lowest BCUT2D eigenvalue weighted by molar-refractivity contribution is 0.0827. The summed E-state index contributed by atoms with van der Waals surface area (Å²) in [4.78, 5) is 31.4. The van der Waals surface area contributed by atoms with Gasteiger partial charge in [-0.15, -0.1) is 0 Å². The number of anilines is 1. The highest BCUT2D eigenvalue weighted by Crippen LogP contribution is 2.27. The van der Waals surface area contributed by atoms with Gasteiger partial charge in [0.25, 0.3) is 11.8 Å². The van der Waals surface area contributed by atoms with Gasteiger partial charge < -0.3 is 15.0 Å². The van der Waals surface area contributed by atoms with E-state index in [-0.39, 0.29) is 11.8 Å². The number of para-hydroxylation sites is 1. The molecule has 1 aromatic heterocycles. The van der Waals surface area contributed by atoms with E-state index in [2.05, 4.69) is 14.9 Å². The van der Waals surface area contributed by atoms with Gasteiger partial charge in [0.1, 0.15) is 11.6 Å². The zero-order chi connectivity index (χ0) is 22.8. The maximum absolute atomic E-state index is 13.0. The molecule has 0 aliphatic rings. The lowest BCUT2D eigenvalue weighted by Crippen LogP contribution is -2.22. The van der Waals surface area contributed by atoms with E-state index < -0.39 is 0 Å². The summed E-state index contributed by atoms with van der Waals surface area (Å²) >= 11 is 0. The first-order valence-electron chi connectivity index (χ1n) is 10.1. The third-order valence-electron chi connectivity index (χ3n) is 5.20. The largest absolute Gasteiger partial charge is 0.495 e. The third kappa shape index (κ3) is 3.92. The van der Waals surface area contributed by atoms with Crippen molar-refractivity contribution in [1.29, 1.82) is 0 Å². The van der Waals surface area contributed by atoms with Crippen LogP contribution in [0.5, 0.6) is 5.75 Å². The van der Waals surface area contributed by atoms with Gasteiger partial charge in [0, 0.05) is 30.9 Å². The van der Waals surface area contributed by atoms with Gasteiger partial charge in [-0.1, -0.05) is 18.2 Å². The number of fused-ring (bicyclic) bond motifs is 1. The number of imidazole rings is 1. The SMILES string of the molecule is COc1ccc(C(=O)N(C)C)cc1NC(=O)c1ccc2c(c1)nc(C)n2-c1ccccc1. The minimum Gasteiger partial charge on any atom is -0.495 e. The normalized spacial score (nSPS) is 10.8. The van der Waals surface area contributed by atoms with Gasteiger partial charge in [0.15, 0.2) is 0 Å². The number of carbonyl (C=O) groups excluding carboxylic acids is 2. The Morgan fingerprint density at radius 2 is 1.69 bits per heavy atom. The molecule has 0 aliphatic heterocycles. The van der Waals surface area contributed by atoms with Crippen LogP contribution in [-0.4, -0.2) is 47.5 Å². The molecule has 1 heterocycles. The first-order chi connectivity index (χ1) is 15.4. The molecule has 2 amide bonds. The summed E-state index contributed by atoms with van der Waals surface area (Å²) in [5, 5.41) is 2.86. The maximum Gasteiger partial charge on any atom is 0.255 e. The number of aromatic nitrogens is 2. The number of ether oxygens (including phenoxy) is 1. The van der Waals surface area contributed by atoms with Crippen LogP contribution in [0.15, 0.2) is 66.7 Å². The molecule has 0 radical (unpaired) electrons. The Kier molecular flexibility index (Phi) is 5.64. The van der Waals surface area contributed by atoms with Crippen molar-refractivity contribution in [2.75, 3.05) is 26.5 Å². The highest BCUT2D eigenvalue weighted by atomic mass is 16.5. The Balaban J connectivity index is 1.66. The number of carbonyl (C=O) groups is 2. The Morgan fingerprint density at radius 3 is 2.38 bits per heavy atom. The van der Waals surface area contributed by atoms with Gasteiger partial charge in [-0.3, -0.25) is 14.2 Å². The molecule has 7 nitrogen and oxygen atoms in total. The number of rotatable bonds is 5. The van der Waals surface area contributed by atoms with Crippen LogP contribution in [0.3, 0.4) is 0 Å². The summed E-state index contributed by atoms with van der Waals surface area (Å²) in [6, 6.07) is 20.3. The fourth-order valence-corrected chi connectivity index (χ4v) is 3.64. The smallest absolute Gasteiger partial charge is 0.255 e. The van der Waals surface area contributed by atoms with E-state index in [1.807, 2.05) is 43.3 Å². The number of methoxy groups -OCH3 is 1. The lowest BCUT2D eigenvalue weighted by atomic mass is 10.1. The van der Waals surface area contributed by atoms with Gasteiger partial charge in [0.2, 0.25) is 0 Å². The summed E-state index contributed by atoms with van der Waals surface area (Å²) in [6.45, 7) is 1.94. The van der Waals surface area contributed by atoms with Crippen molar-refractivity contribution >= 4 is 28.5 Å². The van der Waals surface area contributed by atoms with Crippen molar-refractivity contribution in [3.8, 4) is 11.4 Å². The molecule has 0 saturated carbocycles. The number of nitrogens with one attached hydrogen (secondary N) is 1. The van der Waals surface area contributed by atoms with Crippen LogP contribution in [-0.2, 0) is 0 Å². The fraction of sp³-hybridized carbons (Fsp3) is 0.160. The Hall–Kier alpha value is -4.13. The van der Waals surface area contributed by atoms with Gasteiger partial charge in [-0.2, -0.15) is 0 Å². The number of nitrogens with zero attached hydrogens (tertiary/aromatic N) is 3. The predicted octanol–water partition coefficient (Wildman–Crippen LogP) is 4.30. The number of hydrogen-bond donors (Lipinski definition) is 1. The van der Waals surface area contributed by atoms with E-state index in [1.54, 1.807) is 44.4 Å². The Bertz CT molecular complexity index is 1310. The molecular formula is C25H24N4O3. The van der Waals surface area contributed by atoms with E-state index in [9.17, 15) is 9.59 Å². The van der Waals surface area contributed by atoms with Crippen molar-refractivity contribution in [1.82, 2.24) is 14.5 Å². The van der Waals surface area contributed by atoms with Gasteiger partial charge in [-0.05, 0) is 55.5 Å². The average molecular weight is 428 g/mol. The maximum atomic E-state index is 13.0. The van der Waals surface area contributed by atoms with Gasteiger partial charge in [0.05, 0.1) is 23.8 Å². The van der Waals surface area contributed by atoms with Crippen molar-refractivity contribution in [2.24, 2.45) is 0 Å². The van der Waals surface area contributed by atoms with E-state index in [1.165, 1.54) is 12.0 Å². The first-order valence-corrected chi connectivity index (χ1v) is 10.1. The van der Waals surface area contributed by atoms with E-state index >= 15 is 0 Å². The predicted molar refractivity (Wildman–Crippen MR) is 125 cm³/mol. The highest BCUT2D eigenvalue weighted by Gasteiger charge is 2.16. The number of amides is 2. The first kappa shape index (κ1) is 21.1. The van der Waals surface area contributed by atoms with Crippen LogP contribution in [0.1, 0.15) is 26.5 Å². The summed E-state index contributed by atoms with van der Waals surface area (Å²) in [5.74, 6) is 0.831. The molecule has 0 saturated heterocycles. The fourth-order valence-electron chi connectivity index (χ4n) is 3.64. The molecule has 32 heavy (non-hydrogen) atoms. The Morgan fingerprint density at radius 1 is 0.969 bits per heavy atom. The minimum absolute atomic E-state index is 0.161. The molecule has 7 heteroatoms. The molecule has 0 aliphatic carbocycles. The monoisotopic (exact) mass is 428 g/mol. The second-order valence-corrected chi connectivity index (χ2v) is 7.60. The second kappa shape index (κ2) is 8.55. The van der Waals surface area contributed by atoms with Crippen LogP contribution in [0.4, 0.5) is 5.69 Å². The topological polar surface area (TPSA) is 76.5 Å². The van der Waals surface area contributed by atoms with Crippen molar-refractivity contribution < 1.29 is 14.3 Å². The molecule has 0 bridgehead atoms. The third-order valence-corrected chi connectivity index (χ3v) is 5.20. The molecule has 0 fully saturated rings. The molecule has 162 valence electrons. The summed E-state index contributed by atoms with van der Waals surface area (Å²) in [6.07, 6.45) is 0. The highest BCUT2D eigenvalue weighted by molar-refractivity contribution is 6.07. The number of aryl methyl sites for hydroxylation is 1. The molecule has 0 spiro atoms. The standard InChI is InChI=1S/C25H24N4O3/c1-16-26-20-14-17(10-12-22(20)29(16)19-8-6-5-7-9-19)24(30)27-21-15-18(25(31)28(2)3)11-13-23(21)32-4/h5-15H,1-4H3,(H,27,30).